The quantitative estimate of drug-likeness (QED) is 0.790. The number of halogens is 3. The lowest BCUT2D eigenvalue weighted by molar-refractivity contribution is -0.274. The van der Waals surface area contributed by atoms with Gasteiger partial charge in [-0.1, -0.05) is 0 Å². The smallest absolute Gasteiger partial charge is 0.406 e. The number of piperidine rings is 1. The van der Waals surface area contributed by atoms with E-state index >= 15 is 0 Å². The monoisotopic (exact) mass is 244 g/mol. The van der Waals surface area contributed by atoms with Crippen molar-refractivity contribution in [2.75, 3.05) is 18.0 Å². The first-order chi connectivity index (χ1) is 8.04. The van der Waals surface area contributed by atoms with Gasteiger partial charge in [0.25, 0.3) is 0 Å². The van der Waals surface area contributed by atoms with E-state index in [1.165, 1.54) is 12.1 Å². The van der Waals surface area contributed by atoms with E-state index in [1.807, 2.05) is 0 Å². The summed E-state index contributed by atoms with van der Waals surface area (Å²) in [5, 5.41) is 0. The maximum atomic E-state index is 12.0. The Hall–Kier alpha value is -1.39. The van der Waals surface area contributed by atoms with Crippen molar-refractivity contribution in [3.05, 3.63) is 30.7 Å². The standard InChI is InChI=1S/C12H13F3NO/c13-12(14,15)17-11-6-4-10(5-7-11)16-8-2-1-3-9-16/h2,4-7H,1,3,8-9H2. The number of alkyl halides is 3. The summed E-state index contributed by atoms with van der Waals surface area (Å²) >= 11 is 0. The minimum atomic E-state index is -4.62. The van der Waals surface area contributed by atoms with Crippen LogP contribution in [-0.2, 0) is 0 Å². The molecule has 0 atom stereocenters. The SMILES string of the molecule is FC(F)(F)Oc1ccc(N2C[CH]CCC2)cc1. The van der Waals surface area contributed by atoms with Crippen molar-refractivity contribution in [3.8, 4) is 5.75 Å². The second kappa shape index (κ2) is 4.85. The summed E-state index contributed by atoms with van der Waals surface area (Å²) < 4.78 is 39.7. The zero-order chi connectivity index (χ0) is 12.3. The van der Waals surface area contributed by atoms with Crippen molar-refractivity contribution < 1.29 is 17.9 Å². The molecule has 1 aliphatic rings. The summed E-state index contributed by atoms with van der Waals surface area (Å²) in [6, 6.07) is 6.00. The fraction of sp³-hybridized carbons (Fsp3) is 0.417. The topological polar surface area (TPSA) is 12.5 Å². The van der Waals surface area contributed by atoms with Crippen LogP contribution in [0.1, 0.15) is 12.8 Å². The first kappa shape index (κ1) is 12.1. The molecule has 0 N–H and O–H groups in total. The number of anilines is 1. The molecule has 0 unspecified atom stereocenters. The van der Waals surface area contributed by atoms with Crippen molar-refractivity contribution in [2.45, 2.75) is 19.2 Å². The molecule has 0 bridgehead atoms. The Labute approximate surface area is 98.0 Å². The fourth-order valence-corrected chi connectivity index (χ4v) is 1.86. The molecule has 0 saturated carbocycles. The predicted molar refractivity (Wildman–Crippen MR) is 58.9 cm³/mol. The first-order valence-electron chi connectivity index (χ1n) is 5.47. The van der Waals surface area contributed by atoms with E-state index in [2.05, 4.69) is 16.1 Å². The van der Waals surface area contributed by atoms with Gasteiger partial charge in [0.1, 0.15) is 5.75 Å². The molecule has 0 amide bonds. The van der Waals surface area contributed by atoms with E-state index in [1.54, 1.807) is 12.1 Å². The van der Waals surface area contributed by atoms with E-state index in [-0.39, 0.29) is 5.75 Å². The highest BCUT2D eigenvalue weighted by molar-refractivity contribution is 5.49. The van der Waals surface area contributed by atoms with Crippen LogP contribution < -0.4 is 9.64 Å². The molecule has 1 aliphatic heterocycles. The van der Waals surface area contributed by atoms with Gasteiger partial charge in [0, 0.05) is 18.8 Å². The van der Waals surface area contributed by atoms with Crippen LogP contribution in [0.2, 0.25) is 0 Å². The van der Waals surface area contributed by atoms with Crippen LogP contribution in [0.3, 0.4) is 0 Å². The molecule has 1 fully saturated rings. The van der Waals surface area contributed by atoms with Gasteiger partial charge in [0.05, 0.1) is 0 Å². The van der Waals surface area contributed by atoms with Gasteiger partial charge < -0.3 is 9.64 Å². The first-order valence-corrected chi connectivity index (χ1v) is 5.47. The van der Waals surface area contributed by atoms with E-state index in [0.717, 1.165) is 31.6 Å². The zero-order valence-electron chi connectivity index (χ0n) is 9.20. The normalized spacial score (nSPS) is 17.0. The molecule has 93 valence electrons. The Kier molecular flexibility index (Phi) is 3.45. The van der Waals surface area contributed by atoms with E-state index in [0.29, 0.717) is 0 Å². The second-order valence-electron chi connectivity index (χ2n) is 3.92. The third-order valence-electron chi connectivity index (χ3n) is 2.62. The number of hydrogen-bond donors (Lipinski definition) is 0. The van der Waals surface area contributed by atoms with Crippen molar-refractivity contribution in [2.24, 2.45) is 0 Å². The summed E-state index contributed by atoms with van der Waals surface area (Å²) in [5.74, 6) is -0.178. The molecule has 1 radical (unpaired) electrons. The summed E-state index contributed by atoms with van der Waals surface area (Å²) in [6.07, 6.45) is -0.267. The lowest BCUT2D eigenvalue weighted by Gasteiger charge is -2.28. The largest absolute Gasteiger partial charge is 0.573 e. The van der Waals surface area contributed by atoms with Crippen LogP contribution in [0.4, 0.5) is 18.9 Å². The Morgan fingerprint density at radius 1 is 1.12 bits per heavy atom. The molecule has 0 aromatic heterocycles. The van der Waals surface area contributed by atoms with Gasteiger partial charge in [-0.15, -0.1) is 13.2 Å². The molecular weight excluding hydrogens is 231 g/mol. The number of ether oxygens (including phenoxy) is 1. The van der Waals surface area contributed by atoms with E-state index in [9.17, 15) is 13.2 Å². The van der Waals surface area contributed by atoms with Gasteiger partial charge >= 0.3 is 6.36 Å². The van der Waals surface area contributed by atoms with Gasteiger partial charge in [0.2, 0.25) is 0 Å². The minimum Gasteiger partial charge on any atom is -0.406 e. The molecular formula is C12H13F3NO. The predicted octanol–water partition coefficient (Wildman–Crippen LogP) is 3.39. The van der Waals surface area contributed by atoms with Gasteiger partial charge in [0.15, 0.2) is 0 Å². The lowest BCUT2D eigenvalue weighted by atomic mass is 10.1. The molecule has 2 rings (SSSR count). The zero-order valence-corrected chi connectivity index (χ0v) is 9.20. The highest BCUT2D eigenvalue weighted by Gasteiger charge is 2.31. The van der Waals surface area contributed by atoms with E-state index < -0.39 is 6.36 Å². The molecule has 1 aromatic rings. The Bertz CT molecular complexity index is 355. The number of benzene rings is 1. The number of rotatable bonds is 2. The third kappa shape index (κ3) is 3.54. The summed E-state index contributed by atoms with van der Waals surface area (Å²) in [4.78, 5) is 2.13. The number of nitrogens with zero attached hydrogens (tertiary/aromatic N) is 1. The van der Waals surface area contributed by atoms with Crippen LogP contribution in [-0.4, -0.2) is 19.5 Å². The average Bonchev–Trinajstić information content (AvgIpc) is 2.29. The van der Waals surface area contributed by atoms with Crippen LogP contribution >= 0.6 is 0 Å². The summed E-state index contributed by atoms with van der Waals surface area (Å²) in [7, 11) is 0. The van der Waals surface area contributed by atoms with Gasteiger partial charge in [-0.25, -0.2) is 0 Å². The lowest BCUT2D eigenvalue weighted by Crippen LogP contribution is -2.29. The molecule has 2 nitrogen and oxygen atoms in total. The third-order valence-corrected chi connectivity index (χ3v) is 2.62. The van der Waals surface area contributed by atoms with Crippen LogP contribution in [0.25, 0.3) is 0 Å². The maximum absolute atomic E-state index is 12.0. The summed E-state index contributed by atoms with van der Waals surface area (Å²) in [6.45, 7) is 1.79. The van der Waals surface area contributed by atoms with Crippen molar-refractivity contribution in [1.29, 1.82) is 0 Å². The van der Waals surface area contributed by atoms with Gasteiger partial charge in [-0.05, 0) is 43.5 Å². The highest BCUT2D eigenvalue weighted by Crippen LogP contribution is 2.26. The van der Waals surface area contributed by atoms with Crippen LogP contribution in [0.15, 0.2) is 24.3 Å². The fourth-order valence-electron chi connectivity index (χ4n) is 1.86. The molecule has 1 heterocycles. The second-order valence-corrected chi connectivity index (χ2v) is 3.92. The van der Waals surface area contributed by atoms with Crippen molar-refractivity contribution >= 4 is 5.69 Å². The Morgan fingerprint density at radius 2 is 1.82 bits per heavy atom. The van der Waals surface area contributed by atoms with Gasteiger partial charge in [-0.3, -0.25) is 0 Å². The number of hydrogen-bond acceptors (Lipinski definition) is 2. The van der Waals surface area contributed by atoms with Gasteiger partial charge in [-0.2, -0.15) is 0 Å². The molecule has 1 saturated heterocycles. The van der Waals surface area contributed by atoms with Crippen LogP contribution in [0.5, 0.6) is 5.75 Å². The molecule has 0 spiro atoms. The van der Waals surface area contributed by atoms with Crippen molar-refractivity contribution in [1.82, 2.24) is 0 Å². The van der Waals surface area contributed by atoms with Crippen LogP contribution in [0, 0.1) is 6.42 Å². The summed E-state index contributed by atoms with van der Waals surface area (Å²) in [5.41, 5.74) is 0.926. The Balaban J connectivity index is 2.02. The average molecular weight is 244 g/mol. The molecule has 17 heavy (non-hydrogen) atoms. The molecule has 5 heteroatoms. The van der Waals surface area contributed by atoms with E-state index in [4.69, 9.17) is 0 Å². The molecule has 1 aromatic carbocycles. The molecule has 0 aliphatic carbocycles. The van der Waals surface area contributed by atoms with Crippen molar-refractivity contribution in [3.63, 3.8) is 0 Å². The Morgan fingerprint density at radius 3 is 2.35 bits per heavy atom. The maximum Gasteiger partial charge on any atom is 0.573 e. The minimum absolute atomic E-state index is 0.178. The highest BCUT2D eigenvalue weighted by atomic mass is 19.4.